The number of nitrogens with one attached hydrogen (secondary N) is 1. The molecule has 3 aromatic carbocycles. The summed E-state index contributed by atoms with van der Waals surface area (Å²) in [5.74, 6) is -2.35. The van der Waals surface area contributed by atoms with Crippen molar-refractivity contribution in [2.75, 3.05) is 11.9 Å². The SMILES string of the molecule is CN1C(=O)C2(OC(=O)C(NC(=O)c3ccccc3)C2c2ccc(C#N)cc2)c2ccccc21. The zero-order chi connectivity index (χ0) is 23.2. The third kappa shape index (κ3) is 2.99. The molecule has 1 fully saturated rings. The molecule has 3 aromatic rings. The highest BCUT2D eigenvalue weighted by molar-refractivity contribution is 6.11. The number of nitrogens with zero attached hydrogens (tertiary/aromatic N) is 2. The lowest BCUT2D eigenvalue weighted by Gasteiger charge is -2.30. The summed E-state index contributed by atoms with van der Waals surface area (Å²) in [7, 11) is 1.63. The summed E-state index contributed by atoms with van der Waals surface area (Å²) >= 11 is 0. The number of carbonyl (C=O) groups excluding carboxylic acids is 3. The fourth-order valence-corrected chi connectivity index (χ4v) is 4.76. The van der Waals surface area contributed by atoms with Crippen molar-refractivity contribution >= 4 is 23.5 Å². The van der Waals surface area contributed by atoms with Crippen LogP contribution in [0.15, 0.2) is 78.9 Å². The fourth-order valence-electron chi connectivity index (χ4n) is 4.76. The minimum atomic E-state index is -1.62. The lowest BCUT2D eigenvalue weighted by atomic mass is 9.75. The summed E-state index contributed by atoms with van der Waals surface area (Å²) in [5, 5.41) is 12.0. The number of hydrogen-bond donors (Lipinski definition) is 1. The Balaban J connectivity index is 1.66. The number of fused-ring (bicyclic) bond motifs is 2. The maximum Gasteiger partial charge on any atom is 0.330 e. The molecule has 0 radical (unpaired) electrons. The van der Waals surface area contributed by atoms with Gasteiger partial charge in [-0.1, -0.05) is 48.5 Å². The van der Waals surface area contributed by atoms with Crippen molar-refractivity contribution in [3.63, 3.8) is 0 Å². The van der Waals surface area contributed by atoms with Gasteiger partial charge in [-0.2, -0.15) is 5.26 Å². The number of nitriles is 1. The third-order valence-electron chi connectivity index (χ3n) is 6.30. The average Bonchev–Trinajstić information content (AvgIpc) is 3.26. The van der Waals surface area contributed by atoms with E-state index in [-0.39, 0.29) is 5.91 Å². The molecule has 0 aromatic heterocycles. The van der Waals surface area contributed by atoms with Crippen molar-refractivity contribution in [1.29, 1.82) is 5.26 Å². The first-order chi connectivity index (χ1) is 16.0. The van der Waals surface area contributed by atoms with Gasteiger partial charge in [-0.25, -0.2) is 4.79 Å². The van der Waals surface area contributed by atoms with Crippen LogP contribution in [0, 0.1) is 11.3 Å². The highest BCUT2D eigenvalue weighted by atomic mass is 16.6. The third-order valence-corrected chi connectivity index (χ3v) is 6.30. The summed E-state index contributed by atoms with van der Waals surface area (Å²) in [4.78, 5) is 41.3. The number of benzene rings is 3. The number of ether oxygens (including phenoxy) is 1. The number of carbonyl (C=O) groups is 3. The van der Waals surface area contributed by atoms with Gasteiger partial charge in [0, 0.05) is 18.2 Å². The molecule has 7 nitrogen and oxygen atoms in total. The topological polar surface area (TPSA) is 99.5 Å². The minimum absolute atomic E-state index is 0.386. The predicted octanol–water partition coefficient (Wildman–Crippen LogP) is 2.87. The Labute approximate surface area is 190 Å². The molecule has 2 aliphatic rings. The molecule has 1 N–H and O–H groups in total. The van der Waals surface area contributed by atoms with E-state index in [1.165, 1.54) is 4.90 Å². The summed E-state index contributed by atoms with van der Waals surface area (Å²) in [6, 6.07) is 23.3. The number of para-hydroxylation sites is 1. The van der Waals surface area contributed by atoms with E-state index in [1.807, 2.05) is 6.07 Å². The standard InChI is InChI=1S/C26H19N3O4/c1-29-20-10-6-5-9-19(20)26(25(29)32)21(17-13-11-16(15-27)12-14-17)22(24(31)33-26)28-23(30)18-7-3-2-4-8-18/h2-14,21-22H,1H3,(H,28,30). The van der Waals surface area contributed by atoms with E-state index in [9.17, 15) is 19.6 Å². The highest BCUT2D eigenvalue weighted by Crippen LogP contribution is 2.55. The molecule has 3 atom stereocenters. The van der Waals surface area contributed by atoms with Gasteiger partial charge in [-0.15, -0.1) is 0 Å². The number of esters is 1. The maximum atomic E-state index is 13.6. The van der Waals surface area contributed by atoms with Crippen molar-refractivity contribution in [2.24, 2.45) is 0 Å². The largest absolute Gasteiger partial charge is 0.442 e. The van der Waals surface area contributed by atoms with Gasteiger partial charge in [0.25, 0.3) is 11.8 Å². The number of rotatable bonds is 3. The number of likely N-dealkylation sites (N-methyl/N-ethyl adjacent to an activating group) is 1. The van der Waals surface area contributed by atoms with Crippen LogP contribution in [0.4, 0.5) is 5.69 Å². The first-order valence-corrected chi connectivity index (χ1v) is 10.4. The summed E-state index contributed by atoms with van der Waals surface area (Å²) in [5.41, 5.74) is 1.03. The van der Waals surface area contributed by atoms with Crippen LogP contribution in [0.5, 0.6) is 0 Å². The second-order valence-corrected chi connectivity index (χ2v) is 8.07. The van der Waals surface area contributed by atoms with Crippen LogP contribution >= 0.6 is 0 Å². The number of hydrogen-bond acceptors (Lipinski definition) is 5. The summed E-state index contributed by atoms with van der Waals surface area (Å²) < 4.78 is 5.88. The predicted molar refractivity (Wildman–Crippen MR) is 119 cm³/mol. The molecule has 2 heterocycles. The van der Waals surface area contributed by atoms with E-state index in [2.05, 4.69) is 11.4 Å². The van der Waals surface area contributed by atoms with E-state index < -0.39 is 29.4 Å². The Kier molecular flexibility index (Phi) is 4.72. The molecular formula is C26H19N3O4. The second kappa shape index (κ2) is 7.61. The van der Waals surface area contributed by atoms with Crippen LogP contribution in [0.2, 0.25) is 0 Å². The van der Waals surface area contributed by atoms with E-state index >= 15 is 0 Å². The van der Waals surface area contributed by atoms with Crippen LogP contribution in [-0.2, 0) is 19.9 Å². The normalized spacial score (nSPS) is 23.2. The molecular weight excluding hydrogens is 418 g/mol. The Hall–Kier alpha value is -4.44. The van der Waals surface area contributed by atoms with Crippen LogP contribution in [0.1, 0.15) is 33.0 Å². The van der Waals surface area contributed by atoms with Crippen molar-refractivity contribution in [3.05, 3.63) is 101 Å². The van der Waals surface area contributed by atoms with Crippen LogP contribution in [0.25, 0.3) is 0 Å². The fraction of sp³-hybridized carbons (Fsp3) is 0.154. The van der Waals surface area contributed by atoms with Crippen molar-refractivity contribution < 1.29 is 19.1 Å². The average molecular weight is 437 g/mol. The number of anilines is 1. The van der Waals surface area contributed by atoms with E-state index in [4.69, 9.17) is 4.74 Å². The van der Waals surface area contributed by atoms with Gasteiger partial charge in [0.15, 0.2) is 0 Å². The molecule has 0 saturated carbocycles. The van der Waals surface area contributed by atoms with Crippen molar-refractivity contribution in [3.8, 4) is 6.07 Å². The molecule has 1 saturated heterocycles. The Morgan fingerprint density at radius 2 is 1.67 bits per heavy atom. The van der Waals surface area contributed by atoms with Crippen LogP contribution in [0.3, 0.4) is 0 Å². The molecule has 0 aliphatic carbocycles. The summed E-state index contributed by atoms with van der Waals surface area (Å²) in [6.45, 7) is 0. The van der Waals surface area contributed by atoms with E-state index in [1.54, 1.807) is 79.8 Å². The maximum absolute atomic E-state index is 13.6. The van der Waals surface area contributed by atoms with E-state index in [0.29, 0.717) is 27.9 Å². The second-order valence-electron chi connectivity index (χ2n) is 8.07. The molecule has 33 heavy (non-hydrogen) atoms. The first kappa shape index (κ1) is 20.5. The Morgan fingerprint density at radius 3 is 2.36 bits per heavy atom. The Bertz CT molecular complexity index is 1310. The molecule has 1 spiro atoms. The molecule has 0 bridgehead atoms. The van der Waals surface area contributed by atoms with Gasteiger partial charge in [-0.3, -0.25) is 9.59 Å². The van der Waals surface area contributed by atoms with Gasteiger partial charge in [0.2, 0.25) is 5.60 Å². The highest BCUT2D eigenvalue weighted by Gasteiger charge is 2.66. The summed E-state index contributed by atoms with van der Waals surface area (Å²) in [6.07, 6.45) is 0. The van der Waals surface area contributed by atoms with E-state index in [0.717, 1.165) is 0 Å². The Morgan fingerprint density at radius 1 is 1.00 bits per heavy atom. The first-order valence-electron chi connectivity index (χ1n) is 10.4. The zero-order valence-electron chi connectivity index (χ0n) is 17.7. The van der Waals surface area contributed by atoms with Crippen molar-refractivity contribution in [1.82, 2.24) is 5.32 Å². The van der Waals surface area contributed by atoms with Gasteiger partial charge in [0.05, 0.1) is 23.2 Å². The molecule has 3 unspecified atom stereocenters. The molecule has 5 rings (SSSR count). The smallest absolute Gasteiger partial charge is 0.330 e. The monoisotopic (exact) mass is 437 g/mol. The molecule has 7 heteroatoms. The van der Waals surface area contributed by atoms with Crippen LogP contribution in [-0.4, -0.2) is 30.9 Å². The quantitative estimate of drug-likeness (QED) is 0.635. The molecule has 2 amide bonds. The van der Waals surface area contributed by atoms with Gasteiger partial charge in [-0.05, 0) is 35.9 Å². The lowest BCUT2D eigenvalue weighted by molar-refractivity contribution is -0.158. The zero-order valence-corrected chi connectivity index (χ0v) is 17.7. The van der Waals surface area contributed by atoms with Crippen LogP contribution < -0.4 is 10.2 Å². The van der Waals surface area contributed by atoms with Gasteiger partial charge in [0.1, 0.15) is 6.04 Å². The van der Waals surface area contributed by atoms with Gasteiger partial charge >= 0.3 is 5.97 Å². The number of amides is 2. The van der Waals surface area contributed by atoms with Gasteiger partial charge < -0.3 is 15.0 Å². The molecule has 162 valence electrons. The minimum Gasteiger partial charge on any atom is -0.442 e. The molecule has 2 aliphatic heterocycles. The lowest BCUT2D eigenvalue weighted by Crippen LogP contribution is -2.47. The van der Waals surface area contributed by atoms with Crippen molar-refractivity contribution in [2.45, 2.75) is 17.6 Å².